The van der Waals surface area contributed by atoms with E-state index in [0.29, 0.717) is 0 Å². The second-order valence-corrected chi connectivity index (χ2v) is 5.76. The minimum Gasteiger partial charge on any atom is -0.406 e. The summed E-state index contributed by atoms with van der Waals surface area (Å²) in [5.41, 5.74) is 11.3. The van der Waals surface area contributed by atoms with Crippen LogP contribution in [0.3, 0.4) is 0 Å². The Morgan fingerprint density at radius 3 is 1.92 bits per heavy atom. The van der Waals surface area contributed by atoms with Crippen molar-refractivity contribution in [1.82, 2.24) is 0 Å². The van der Waals surface area contributed by atoms with Gasteiger partial charge >= 0.3 is 10.4 Å². The molecule has 25 heavy (non-hydrogen) atoms. The van der Waals surface area contributed by atoms with E-state index in [4.69, 9.17) is 23.3 Å². The summed E-state index contributed by atoms with van der Waals surface area (Å²) in [4.78, 5) is 0. The van der Waals surface area contributed by atoms with Crippen molar-refractivity contribution >= 4 is 16.1 Å². The van der Waals surface area contributed by atoms with Crippen LogP contribution in [0.25, 0.3) is 22.3 Å². The summed E-state index contributed by atoms with van der Waals surface area (Å²) in [5, 5.41) is 0. The molecule has 0 unspecified atom stereocenters. The van der Waals surface area contributed by atoms with Gasteiger partial charge in [-0.15, -0.1) is 35.4 Å². The zero-order chi connectivity index (χ0) is 17.6. The van der Waals surface area contributed by atoms with E-state index < -0.39 is 10.4 Å². The first kappa shape index (κ1) is 21.0. The van der Waals surface area contributed by atoms with E-state index in [1.165, 1.54) is 5.56 Å². The maximum Gasteiger partial charge on any atom is 0.394 e. The molecule has 3 aromatic rings. The molecule has 0 fully saturated rings. The summed E-state index contributed by atoms with van der Waals surface area (Å²) < 4.78 is 31.6. The Bertz CT molecular complexity index is 907. The predicted octanol–water partition coefficient (Wildman–Crippen LogP) is 3.75. The van der Waals surface area contributed by atoms with Gasteiger partial charge in [-0.05, 0) is 11.8 Å². The van der Waals surface area contributed by atoms with E-state index in [-0.39, 0.29) is 20.4 Å². The molecule has 4 N–H and O–H groups in total. The first-order valence-electron chi connectivity index (χ1n) is 6.97. The van der Waals surface area contributed by atoms with Gasteiger partial charge in [-0.3, -0.25) is 9.11 Å². The van der Waals surface area contributed by atoms with Gasteiger partial charge < -0.3 is 5.73 Å². The predicted molar refractivity (Wildman–Crippen MR) is 94.7 cm³/mol. The third-order valence-electron chi connectivity index (χ3n) is 3.17. The molecule has 0 aliphatic rings. The fourth-order valence-electron chi connectivity index (χ4n) is 2.24. The summed E-state index contributed by atoms with van der Waals surface area (Å²) in [5.74, 6) is 0. The van der Waals surface area contributed by atoms with Crippen molar-refractivity contribution in [2.45, 2.75) is 0 Å². The summed E-state index contributed by atoms with van der Waals surface area (Å²) >= 11 is 0. The maximum atomic E-state index is 8.74. The molecule has 0 aromatic heterocycles. The molecule has 0 aliphatic carbocycles. The van der Waals surface area contributed by atoms with Crippen LogP contribution >= 0.6 is 0 Å². The summed E-state index contributed by atoms with van der Waals surface area (Å²) in [7, 11) is -4.67. The van der Waals surface area contributed by atoms with E-state index in [1.54, 1.807) is 0 Å². The molecule has 5 nitrogen and oxygen atoms in total. The van der Waals surface area contributed by atoms with Gasteiger partial charge in [0.2, 0.25) is 0 Å². The van der Waals surface area contributed by atoms with E-state index in [2.05, 4.69) is 24.3 Å². The summed E-state index contributed by atoms with van der Waals surface area (Å²) in [6, 6.07) is 27.6. The first-order chi connectivity index (χ1) is 11.4. The van der Waals surface area contributed by atoms with Crippen LogP contribution in [0.2, 0.25) is 0 Å². The van der Waals surface area contributed by atoms with E-state index in [1.807, 2.05) is 54.6 Å². The van der Waals surface area contributed by atoms with Crippen LogP contribution in [0, 0.1) is 6.07 Å². The first-order valence-corrected chi connectivity index (χ1v) is 8.37. The van der Waals surface area contributed by atoms with Gasteiger partial charge in [0, 0.05) is 20.4 Å². The standard InChI is InChI=1S/C18H14N.H2O4S.Pd/c19-18-13-7-6-12-17(18)16-11-5-4-10-15(16)14-8-2-1-3-9-14;1-5(2,3)4;/h1-10,12-13H,19H2;(H2,1,2,3,4);/q-1;;. The van der Waals surface area contributed by atoms with Crippen LogP contribution in [-0.2, 0) is 30.8 Å². The van der Waals surface area contributed by atoms with Crippen molar-refractivity contribution in [1.29, 1.82) is 0 Å². The number of nitrogen functional groups attached to an aromatic ring is 1. The van der Waals surface area contributed by atoms with Crippen LogP contribution in [0.1, 0.15) is 0 Å². The molecule has 3 rings (SSSR count). The molecule has 0 aliphatic heterocycles. The van der Waals surface area contributed by atoms with Crippen molar-refractivity contribution < 1.29 is 37.9 Å². The van der Waals surface area contributed by atoms with E-state index >= 15 is 0 Å². The minimum atomic E-state index is -4.67. The molecule has 0 saturated heterocycles. The Kier molecular flexibility index (Phi) is 7.97. The van der Waals surface area contributed by atoms with Crippen LogP contribution in [-0.4, -0.2) is 17.5 Å². The average molecular weight is 449 g/mol. The number of hydrogen-bond donors (Lipinski definition) is 3. The van der Waals surface area contributed by atoms with Gasteiger partial charge in [0.25, 0.3) is 0 Å². The van der Waals surface area contributed by atoms with Crippen molar-refractivity contribution in [3.05, 3.63) is 78.9 Å². The number of hydrogen-bond acceptors (Lipinski definition) is 3. The Balaban J connectivity index is 0.000000462. The minimum absolute atomic E-state index is 0. The van der Waals surface area contributed by atoms with Crippen LogP contribution in [0.5, 0.6) is 0 Å². The van der Waals surface area contributed by atoms with Gasteiger partial charge in [0.1, 0.15) is 0 Å². The SMILES string of the molecule is Nc1ccccc1-c1[c-]cccc1-c1ccccc1.O=S(=O)(O)O.[Pd]. The summed E-state index contributed by atoms with van der Waals surface area (Å²) in [6.07, 6.45) is 0. The van der Waals surface area contributed by atoms with Crippen LogP contribution < -0.4 is 5.73 Å². The van der Waals surface area contributed by atoms with Crippen LogP contribution in [0.15, 0.2) is 72.8 Å². The number of para-hydroxylation sites is 1. The van der Waals surface area contributed by atoms with Gasteiger partial charge in [0.15, 0.2) is 0 Å². The number of anilines is 1. The maximum absolute atomic E-state index is 8.74. The van der Waals surface area contributed by atoms with E-state index in [9.17, 15) is 0 Å². The second kappa shape index (κ2) is 9.47. The van der Waals surface area contributed by atoms with E-state index in [0.717, 1.165) is 22.4 Å². The Morgan fingerprint density at radius 1 is 0.800 bits per heavy atom. The quantitative estimate of drug-likeness (QED) is 0.240. The second-order valence-electron chi connectivity index (χ2n) is 4.86. The fraction of sp³-hybridized carbons (Fsp3) is 0. The largest absolute Gasteiger partial charge is 0.406 e. The van der Waals surface area contributed by atoms with Gasteiger partial charge in [0.05, 0.1) is 0 Å². The topological polar surface area (TPSA) is 101 Å². The van der Waals surface area contributed by atoms with Gasteiger partial charge in [-0.2, -0.15) is 8.42 Å². The third-order valence-corrected chi connectivity index (χ3v) is 3.17. The molecule has 0 saturated carbocycles. The third kappa shape index (κ3) is 6.79. The molecule has 0 amide bonds. The number of rotatable bonds is 2. The smallest absolute Gasteiger partial charge is 0.394 e. The molecule has 134 valence electrons. The summed E-state index contributed by atoms with van der Waals surface area (Å²) in [6.45, 7) is 0. The molecular formula is C18H16NO4PdS-. The van der Waals surface area contributed by atoms with Crippen molar-refractivity contribution in [3.8, 4) is 22.3 Å². The average Bonchev–Trinajstić information content (AvgIpc) is 2.55. The molecule has 7 heteroatoms. The van der Waals surface area contributed by atoms with Crippen molar-refractivity contribution in [3.63, 3.8) is 0 Å². The normalized spacial score (nSPS) is 10.2. The zero-order valence-corrected chi connectivity index (χ0v) is 15.3. The molecule has 0 spiro atoms. The molecular weight excluding hydrogens is 433 g/mol. The Labute approximate surface area is 160 Å². The van der Waals surface area contributed by atoms with Crippen LogP contribution in [0.4, 0.5) is 5.69 Å². The molecule has 0 atom stereocenters. The molecule has 3 aromatic carbocycles. The number of benzene rings is 3. The number of nitrogens with two attached hydrogens (primary N) is 1. The van der Waals surface area contributed by atoms with Gasteiger partial charge in [-0.1, -0.05) is 59.7 Å². The van der Waals surface area contributed by atoms with Crippen molar-refractivity contribution in [2.24, 2.45) is 0 Å². The zero-order valence-electron chi connectivity index (χ0n) is 12.9. The fourth-order valence-corrected chi connectivity index (χ4v) is 2.24. The molecule has 0 bridgehead atoms. The van der Waals surface area contributed by atoms with Crippen molar-refractivity contribution in [2.75, 3.05) is 5.73 Å². The Morgan fingerprint density at radius 2 is 1.32 bits per heavy atom. The molecule has 0 radical (unpaired) electrons. The molecule has 0 heterocycles. The Hall–Kier alpha value is -2.01. The monoisotopic (exact) mass is 448 g/mol. The van der Waals surface area contributed by atoms with Gasteiger partial charge in [-0.25, -0.2) is 0 Å².